The molecule has 2 nitrogen and oxygen atoms in total. The average Bonchev–Trinajstić information content (AvgIpc) is 2.47. The van der Waals surface area contributed by atoms with E-state index in [2.05, 4.69) is 30.5 Å². The Morgan fingerprint density at radius 3 is 2.11 bits per heavy atom. The van der Waals surface area contributed by atoms with Crippen molar-refractivity contribution in [3.63, 3.8) is 0 Å². The quantitative estimate of drug-likeness (QED) is 0.656. The van der Waals surface area contributed by atoms with Crippen LogP contribution in [0.25, 0.3) is 0 Å². The fraction of sp³-hybridized carbons (Fsp3) is 0.200. The maximum absolute atomic E-state index is 8.69. The number of hydrogen-bond donors (Lipinski definition) is 1. The normalized spacial score (nSPS) is 10.4. The van der Waals surface area contributed by atoms with Crippen LogP contribution in [-0.2, 0) is 11.8 Å². The maximum Gasteiger partial charge on any atom is 0.152 e. The summed E-state index contributed by atoms with van der Waals surface area (Å²) < 4.78 is 5.33. The Kier molecular flexibility index (Phi) is 5.63. The molecule has 0 unspecified atom stereocenters. The predicted octanol–water partition coefficient (Wildman–Crippen LogP) is 3.01. The molecule has 0 atom stereocenters. The summed E-state index contributed by atoms with van der Waals surface area (Å²) >= 11 is 3.03. The molecule has 2 aromatic rings. The Balaban J connectivity index is 1.98. The lowest BCUT2D eigenvalue weighted by Crippen LogP contribution is -2.01. The van der Waals surface area contributed by atoms with Crippen molar-refractivity contribution >= 4 is 23.5 Å². The van der Waals surface area contributed by atoms with E-state index in [9.17, 15) is 0 Å². The van der Waals surface area contributed by atoms with Gasteiger partial charge in [0, 0.05) is 21.6 Å². The van der Waals surface area contributed by atoms with Crippen LogP contribution in [0.1, 0.15) is 0 Å². The molecule has 4 heteroatoms. The van der Waals surface area contributed by atoms with E-state index in [-0.39, 0.29) is 6.61 Å². The average molecular weight is 293 g/mol. The molecule has 1 N–H and O–H groups in total. The van der Waals surface area contributed by atoms with Crippen LogP contribution < -0.4 is 4.74 Å². The predicted molar refractivity (Wildman–Crippen MR) is 82.5 cm³/mol. The van der Waals surface area contributed by atoms with Gasteiger partial charge in [0.25, 0.3) is 0 Å². The fourth-order valence-electron chi connectivity index (χ4n) is 1.57. The fourth-order valence-corrected chi connectivity index (χ4v) is 2.83. The molecule has 0 heterocycles. The van der Waals surface area contributed by atoms with Crippen LogP contribution in [0.4, 0.5) is 0 Å². The van der Waals surface area contributed by atoms with Gasteiger partial charge in [-0.2, -0.15) is 0 Å². The highest BCUT2D eigenvalue weighted by Crippen LogP contribution is 2.29. The number of benzene rings is 2. The SMILES string of the molecule is C[SH+]c1ccc(Sc2ccc(OCCO)cc2)cc1. The first kappa shape index (κ1) is 14.3. The number of ether oxygens (including phenoxy) is 1. The van der Waals surface area contributed by atoms with Crippen molar-refractivity contribution in [1.82, 2.24) is 0 Å². The standard InChI is InChI=1S/C15H16O2S2/c1-18-13-6-8-15(9-7-13)19-14-4-2-12(3-5-14)17-11-10-16/h2-9,16H,10-11H2,1H3/p+1. The molecule has 0 saturated heterocycles. The van der Waals surface area contributed by atoms with Crippen LogP contribution in [0.5, 0.6) is 5.75 Å². The molecule has 0 radical (unpaired) electrons. The van der Waals surface area contributed by atoms with E-state index < -0.39 is 0 Å². The minimum absolute atomic E-state index is 0.0413. The summed E-state index contributed by atoms with van der Waals surface area (Å²) in [6.45, 7) is 0.379. The van der Waals surface area contributed by atoms with Crippen molar-refractivity contribution in [2.45, 2.75) is 14.7 Å². The van der Waals surface area contributed by atoms with Crippen LogP contribution in [0.3, 0.4) is 0 Å². The molecular weight excluding hydrogens is 276 g/mol. The zero-order valence-corrected chi connectivity index (χ0v) is 12.5. The molecule has 0 spiro atoms. The van der Waals surface area contributed by atoms with Gasteiger partial charge in [-0.15, -0.1) is 0 Å². The molecule has 0 amide bonds. The second-order valence-corrected chi connectivity index (χ2v) is 5.97. The number of aliphatic hydroxyl groups is 1. The molecule has 0 aliphatic carbocycles. The monoisotopic (exact) mass is 293 g/mol. The van der Waals surface area contributed by atoms with Crippen LogP contribution in [0, 0.1) is 0 Å². The number of thiol groups is 1. The highest BCUT2D eigenvalue weighted by atomic mass is 32.2. The van der Waals surface area contributed by atoms with Gasteiger partial charge in [-0.1, -0.05) is 11.8 Å². The Morgan fingerprint density at radius 2 is 1.58 bits per heavy atom. The first-order valence-electron chi connectivity index (χ1n) is 6.03. The number of hydrogen-bond acceptors (Lipinski definition) is 3. The topological polar surface area (TPSA) is 29.5 Å². The van der Waals surface area contributed by atoms with Gasteiger partial charge in [-0.3, -0.25) is 0 Å². The van der Waals surface area contributed by atoms with E-state index >= 15 is 0 Å². The Hall–Kier alpha value is -1.10. The van der Waals surface area contributed by atoms with Crippen molar-refractivity contribution in [3.05, 3.63) is 48.5 Å². The number of rotatable bonds is 6. The summed E-state index contributed by atoms with van der Waals surface area (Å²) in [4.78, 5) is 3.74. The summed E-state index contributed by atoms with van der Waals surface area (Å²) in [7, 11) is 0. The molecule has 19 heavy (non-hydrogen) atoms. The lowest BCUT2D eigenvalue weighted by atomic mass is 10.3. The van der Waals surface area contributed by atoms with Crippen molar-refractivity contribution in [3.8, 4) is 5.75 Å². The number of aliphatic hydroxyl groups excluding tert-OH is 1. The van der Waals surface area contributed by atoms with E-state index in [1.807, 2.05) is 24.3 Å². The zero-order chi connectivity index (χ0) is 13.5. The van der Waals surface area contributed by atoms with Gasteiger partial charge in [0.15, 0.2) is 4.90 Å². The van der Waals surface area contributed by atoms with Crippen LogP contribution in [0.2, 0.25) is 0 Å². The van der Waals surface area contributed by atoms with Gasteiger partial charge < -0.3 is 9.84 Å². The van der Waals surface area contributed by atoms with Gasteiger partial charge >= 0.3 is 0 Å². The summed E-state index contributed by atoms with van der Waals surface area (Å²) in [6.07, 6.45) is 2.13. The molecule has 0 saturated carbocycles. The van der Waals surface area contributed by atoms with Gasteiger partial charge in [0.05, 0.1) is 6.61 Å². The Bertz CT molecular complexity index is 495. The molecule has 0 aliphatic rings. The van der Waals surface area contributed by atoms with Crippen LogP contribution in [0.15, 0.2) is 63.2 Å². The third kappa shape index (κ3) is 4.49. The van der Waals surface area contributed by atoms with E-state index in [1.165, 1.54) is 26.4 Å². The van der Waals surface area contributed by atoms with Gasteiger partial charge in [0.2, 0.25) is 0 Å². The zero-order valence-electron chi connectivity index (χ0n) is 10.7. The Morgan fingerprint density at radius 1 is 1.00 bits per heavy atom. The minimum Gasteiger partial charge on any atom is -0.491 e. The minimum atomic E-state index is 0.0413. The molecule has 0 aliphatic heterocycles. The van der Waals surface area contributed by atoms with Gasteiger partial charge in [-0.05, 0) is 48.5 Å². The lowest BCUT2D eigenvalue weighted by molar-refractivity contribution is 0.201. The van der Waals surface area contributed by atoms with Crippen LogP contribution >= 0.6 is 11.8 Å². The van der Waals surface area contributed by atoms with Crippen molar-refractivity contribution in [2.24, 2.45) is 0 Å². The summed E-state index contributed by atoms with van der Waals surface area (Å²) in [5.74, 6) is 0.790. The second kappa shape index (κ2) is 7.48. The largest absolute Gasteiger partial charge is 0.491 e. The molecule has 0 bridgehead atoms. The summed E-state index contributed by atoms with van der Waals surface area (Å²) in [6, 6.07) is 16.5. The molecule has 2 aromatic carbocycles. The second-order valence-electron chi connectivity index (χ2n) is 3.86. The first-order valence-corrected chi connectivity index (χ1v) is 8.19. The lowest BCUT2D eigenvalue weighted by Gasteiger charge is -2.05. The van der Waals surface area contributed by atoms with Crippen molar-refractivity contribution < 1.29 is 9.84 Å². The van der Waals surface area contributed by atoms with Crippen molar-refractivity contribution in [2.75, 3.05) is 19.5 Å². The highest BCUT2D eigenvalue weighted by molar-refractivity contribution is 7.99. The third-order valence-corrected chi connectivity index (χ3v) is 4.34. The molecule has 2 rings (SSSR count). The molecule has 100 valence electrons. The van der Waals surface area contributed by atoms with Gasteiger partial charge in [0.1, 0.15) is 18.6 Å². The smallest absolute Gasteiger partial charge is 0.152 e. The molecule has 0 aromatic heterocycles. The third-order valence-electron chi connectivity index (χ3n) is 2.51. The van der Waals surface area contributed by atoms with Crippen molar-refractivity contribution in [1.29, 1.82) is 0 Å². The van der Waals surface area contributed by atoms with E-state index in [0.29, 0.717) is 6.61 Å². The molecular formula is C15H17O2S2+. The molecule has 0 fully saturated rings. The first-order chi connectivity index (χ1) is 9.31. The van der Waals surface area contributed by atoms with E-state index in [0.717, 1.165) is 5.75 Å². The maximum atomic E-state index is 8.69. The summed E-state index contributed by atoms with van der Waals surface area (Å²) in [5.41, 5.74) is 0. The highest BCUT2D eigenvalue weighted by Gasteiger charge is 2.01. The van der Waals surface area contributed by atoms with E-state index in [4.69, 9.17) is 9.84 Å². The Labute approximate surface area is 122 Å². The van der Waals surface area contributed by atoms with Crippen LogP contribution in [-0.4, -0.2) is 24.6 Å². The van der Waals surface area contributed by atoms with E-state index in [1.54, 1.807) is 11.8 Å². The van der Waals surface area contributed by atoms with Gasteiger partial charge in [-0.25, -0.2) is 0 Å². The summed E-state index contributed by atoms with van der Waals surface area (Å²) in [5, 5.41) is 8.69.